The fraction of sp³-hybridized carbons (Fsp3) is 0.417. The SMILES string of the molecule is CCC(C)(C)[N+]([O-])=Cc1c(F)cc(S(=O)(=O)O)cc1S(=O)(=O)O. The highest BCUT2D eigenvalue weighted by Gasteiger charge is 2.28. The largest absolute Gasteiger partial charge is 0.623 e. The third-order valence-electron chi connectivity index (χ3n) is 3.35. The summed E-state index contributed by atoms with van der Waals surface area (Å²) in [6.45, 7) is 4.72. The molecule has 0 unspecified atom stereocenters. The Morgan fingerprint density at radius 1 is 1.22 bits per heavy atom. The lowest BCUT2D eigenvalue weighted by Gasteiger charge is -2.22. The maximum Gasteiger partial charge on any atom is 0.295 e. The Hall–Kier alpha value is -1.56. The van der Waals surface area contributed by atoms with Crippen LogP contribution in [0, 0.1) is 11.0 Å². The molecule has 0 fully saturated rings. The highest BCUT2D eigenvalue weighted by Crippen LogP contribution is 2.23. The van der Waals surface area contributed by atoms with Crippen LogP contribution in [0.5, 0.6) is 0 Å². The van der Waals surface area contributed by atoms with Crippen molar-refractivity contribution in [1.29, 1.82) is 0 Å². The van der Waals surface area contributed by atoms with Crippen molar-refractivity contribution in [3.05, 3.63) is 28.7 Å². The number of hydrogen-bond donors (Lipinski definition) is 2. The summed E-state index contributed by atoms with van der Waals surface area (Å²) in [7, 11) is -9.96. The van der Waals surface area contributed by atoms with Crippen molar-refractivity contribution in [1.82, 2.24) is 0 Å². The van der Waals surface area contributed by atoms with Crippen molar-refractivity contribution < 1.29 is 35.1 Å². The van der Waals surface area contributed by atoms with Gasteiger partial charge in [-0.25, -0.2) is 9.13 Å². The molecule has 1 rings (SSSR count). The Morgan fingerprint density at radius 2 is 1.74 bits per heavy atom. The normalized spacial score (nSPS) is 14.1. The van der Waals surface area contributed by atoms with Gasteiger partial charge in [-0.15, -0.1) is 0 Å². The van der Waals surface area contributed by atoms with Crippen LogP contribution in [0.25, 0.3) is 0 Å². The van der Waals surface area contributed by atoms with E-state index in [4.69, 9.17) is 9.11 Å². The summed E-state index contributed by atoms with van der Waals surface area (Å²) < 4.78 is 77.2. The van der Waals surface area contributed by atoms with Gasteiger partial charge in [-0.3, -0.25) is 9.11 Å². The zero-order chi connectivity index (χ0) is 18.2. The lowest BCUT2D eigenvalue weighted by atomic mass is 10.0. The third kappa shape index (κ3) is 4.47. The van der Waals surface area contributed by atoms with Gasteiger partial charge in [-0.05, 0) is 12.1 Å². The molecule has 0 atom stereocenters. The number of hydroxylamine groups is 1. The molecule has 0 saturated heterocycles. The molecule has 2 N–H and O–H groups in total. The van der Waals surface area contributed by atoms with Crippen molar-refractivity contribution in [3.63, 3.8) is 0 Å². The lowest BCUT2D eigenvalue weighted by Crippen LogP contribution is -2.33. The van der Waals surface area contributed by atoms with E-state index in [1.807, 2.05) is 0 Å². The molecule has 0 spiro atoms. The first-order valence-electron chi connectivity index (χ1n) is 6.30. The Bertz CT molecular complexity index is 858. The summed E-state index contributed by atoms with van der Waals surface area (Å²) in [4.78, 5) is -2.20. The van der Waals surface area contributed by atoms with Crippen molar-refractivity contribution in [2.24, 2.45) is 0 Å². The van der Waals surface area contributed by atoms with Crippen LogP contribution in [0.1, 0.15) is 32.8 Å². The van der Waals surface area contributed by atoms with E-state index < -0.39 is 46.9 Å². The summed E-state index contributed by atoms with van der Waals surface area (Å²) >= 11 is 0. The molecule has 0 aliphatic heterocycles. The molecule has 0 bridgehead atoms. The van der Waals surface area contributed by atoms with Crippen molar-refractivity contribution >= 4 is 26.5 Å². The molecule has 11 heteroatoms. The number of rotatable bonds is 5. The molecule has 130 valence electrons. The molecule has 8 nitrogen and oxygen atoms in total. The fourth-order valence-electron chi connectivity index (χ4n) is 1.50. The van der Waals surface area contributed by atoms with Crippen LogP contribution in [-0.4, -0.2) is 42.4 Å². The smallest absolute Gasteiger partial charge is 0.295 e. The van der Waals surface area contributed by atoms with E-state index in [-0.39, 0.29) is 0 Å². The maximum atomic E-state index is 14.1. The molecule has 0 amide bonds. The first-order chi connectivity index (χ1) is 10.2. The van der Waals surface area contributed by atoms with E-state index in [2.05, 4.69) is 0 Å². The summed E-state index contributed by atoms with van der Waals surface area (Å²) in [5, 5.41) is 12.0. The van der Waals surface area contributed by atoms with E-state index in [1.54, 1.807) is 6.92 Å². The number of halogens is 1. The second-order valence-corrected chi connectivity index (χ2v) is 8.20. The number of nitrogens with zero attached hydrogens (tertiary/aromatic N) is 1. The van der Waals surface area contributed by atoms with E-state index in [1.165, 1.54) is 13.8 Å². The van der Waals surface area contributed by atoms with E-state index in [0.717, 1.165) is 0 Å². The standard InChI is InChI=1S/C12H16FNO7S2/c1-4-12(2,3)14(15)7-9-10(13)5-8(22(16,17)18)6-11(9)23(19,20)21/h5-7H,4H2,1-3H3,(H,16,17,18)(H,19,20,21). The van der Waals surface area contributed by atoms with Crippen LogP contribution >= 0.6 is 0 Å². The van der Waals surface area contributed by atoms with E-state index in [0.29, 0.717) is 29.5 Å². The summed E-state index contributed by atoms with van der Waals surface area (Å²) in [6.07, 6.45) is 0.953. The molecular formula is C12H16FNO7S2. The quantitative estimate of drug-likeness (QED) is 0.263. The maximum absolute atomic E-state index is 14.1. The van der Waals surface area contributed by atoms with Crippen LogP contribution in [0.2, 0.25) is 0 Å². The minimum Gasteiger partial charge on any atom is -0.623 e. The van der Waals surface area contributed by atoms with Crippen molar-refractivity contribution in [2.75, 3.05) is 0 Å². The summed E-state index contributed by atoms with van der Waals surface area (Å²) in [5.41, 5.74) is -1.80. The molecule has 0 aliphatic carbocycles. The van der Waals surface area contributed by atoms with E-state index >= 15 is 0 Å². The molecule has 23 heavy (non-hydrogen) atoms. The Labute approximate surface area is 133 Å². The van der Waals surface area contributed by atoms with Crippen LogP contribution in [-0.2, 0) is 20.2 Å². The monoisotopic (exact) mass is 369 g/mol. The van der Waals surface area contributed by atoms with Gasteiger partial charge in [0.05, 0.1) is 10.5 Å². The van der Waals surface area contributed by atoms with Gasteiger partial charge in [0.2, 0.25) is 0 Å². The van der Waals surface area contributed by atoms with Gasteiger partial charge in [0.1, 0.15) is 10.7 Å². The molecular weight excluding hydrogens is 353 g/mol. The summed E-state index contributed by atoms with van der Waals surface area (Å²) in [6, 6.07) is 0.717. The van der Waals surface area contributed by atoms with Gasteiger partial charge in [0, 0.05) is 20.3 Å². The van der Waals surface area contributed by atoms with Crippen LogP contribution in [0.15, 0.2) is 21.9 Å². The van der Waals surface area contributed by atoms with Crippen molar-refractivity contribution in [3.8, 4) is 0 Å². The number of benzene rings is 1. The zero-order valence-corrected chi connectivity index (χ0v) is 14.1. The minimum absolute atomic E-state index is 0.299. The Balaban J connectivity index is 3.78. The molecule has 0 aliphatic rings. The minimum atomic E-state index is -5.05. The molecule has 0 radical (unpaired) electrons. The molecule has 0 aromatic heterocycles. The average molecular weight is 369 g/mol. The number of hydrogen-bond acceptors (Lipinski definition) is 5. The third-order valence-corrected chi connectivity index (χ3v) is 5.07. The first kappa shape index (κ1) is 19.5. The van der Waals surface area contributed by atoms with Crippen LogP contribution < -0.4 is 0 Å². The zero-order valence-electron chi connectivity index (χ0n) is 12.5. The predicted octanol–water partition coefficient (Wildman–Crippen LogP) is 1.44. The van der Waals surface area contributed by atoms with Gasteiger partial charge >= 0.3 is 0 Å². The topological polar surface area (TPSA) is 135 Å². The second-order valence-electron chi connectivity index (χ2n) is 5.39. The average Bonchev–Trinajstić information content (AvgIpc) is 2.37. The van der Waals surface area contributed by atoms with Gasteiger partial charge in [-0.2, -0.15) is 16.8 Å². The van der Waals surface area contributed by atoms with Gasteiger partial charge in [0.15, 0.2) is 11.8 Å². The van der Waals surface area contributed by atoms with Crippen LogP contribution in [0.4, 0.5) is 4.39 Å². The van der Waals surface area contributed by atoms with E-state index in [9.17, 15) is 26.4 Å². The molecule has 0 saturated carbocycles. The Morgan fingerprint density at radius 3 is 2.13 bits per heavy atom. The summed E-state index contributed by atoms with van der Waals surface area (Å²) in [5.74, 6) is -1.40. The first-order valence-corrected chi connectivity index (χ1v) is 9.18. The van der Waals surface area contributed by atoms with Gasteiger partial charge in [-0.1, -0.05) is 6.92 Å². The van der Waals surface area contributed by atoms with Crippen molar-refractivity contribution in [2.45, 2.75) is 42.5 Å². The second kappa shape index (κ2) is 6.15. The highest BCUT2D eigenvalue weighted by molar-refractivity contribution is 7.86. The Kier molecular flexibility index (Phi) is 5.21. The van der Waals surface area contributed by atoms with Gasteiger partial charge in [0.25, 0.3) is 20.2 Å². The lowest BCUT2D eigenvalue weighted by molar-refractivity contribution is -0.536. The highest BCUT2D eigenvalue weighted by atomic mass is 32.2. The van der Waals surface area contributed by atoms with Crippen LogP contribution in [0.3, 0.4) is 0 Å². The predicted molar refractivity (Wildman–Crippen MR) is 79.2 cm³/mol. The fourth-order valence-corrected chi connectivity index (χ4v) is 2.80. The molecule has 0 heterocycles. The molecule has 1 aromatic carbocycles. The van der Waals surface area contributed by atoms with Gasteiger partial charge < -0.3 is 5.21 Å². The molecule has 1 aromatic rings.